The quantitative estimate of drug-likeness (QED) is 0.459. The summed E-state index contributed by atoms with van der Waals surface area (Å²) in [6.45, 7) is 17.2. The van der Waals surface area contributed by atoms with Gasteiger partial charge in [-0.25, -0.2) is 4.79 Å². The second-order valence-electron chi connectivity index (χ2n) is 4.16. The summed E-state index contributed by atoms with van der Waals surface area (Å²) in [5.74, 6) is 0. The second kappa shape index (κ2) is 18.0. The van der Waals surface area contributed by atoms with Gasteiger partial charge >= 0.3 is 6.09 Å². The van der Waals surface area contributed by atoms with Crippen molar-refractivity contribution in [3.05, 3.63) is 13.2 Å². The molecule has 0 unspecified atom stereocenters. The zero-order chi connectivity index (χ0) is 16.4. The van der Waals surface area contributed by atoms with E-state index in [1.807, 2.05) is 27.7 Å². The van der Waals surface area contributed by atoms with Crippen molar-refractivity contribution in [1.82, 2.24) is 5.32 Å². The van der Waals surface area contributed by atoms with Crippen molar-refractivity contribution in [2.75, 3.05) is 13.2 Å². The molecule has 0 aliphatic heterocycles. The Kier molecular flexibility index (Phi) is 21.6. The Balaban J connectivity index is -0.000000264. The van der Waals surface area contributed by atoms with Crippen LogP contribution in [0.3, 0.4) is 0 Å². The molecule has 0 aliphatic rings. The lowest BCUT2D eigenvalue weighted by atomic mass is 9.90. The monoisotopic (exact) mass is 291 g/mol. The highest BCUT2D eigenvalue weighted by Gasteiger charge is 2.29. The maximum atomic E-state index is 10.8. The highest BCUT2D eigenvalue weighted by Crippen LogP contribution is 2.20. The van der Waals surface area contributed by atoms with Crippen molar-refractivity contribution >= 4 is 6.09 Å². The molecule has 0 rings (SSSR count). The summed E-state index contributed by atoms with van der Waals surface area (Å²) in [6.07, 6.45) is 3.97. The molecule has 2 N–H and O–H groups in total. The zero-order valence-corrected chi connectivity index (χ0v) is 14.1. The third kappa shape index (κ3) is 13.4. The third-order valence-corrected chi connectivity index (χ3v) is 2.89. The summed E-state index contributed by atoms with van der Waals surface area (Å²) >= 11 is 0. The molecule has 0 saturated heterocycles. The average Bonchev–Trinajstić information content (AvgIpc) is 2.48. The predicted molar refractivity (Wildman–Crippen MR) is 89.5 cm³/mol. The van der Waals surface area contributed by atoms with Crippen molar-refractivity contribution in [1.29, 1.82) is 0 Å². The standard InChI is InChI=1S/C12H25NO3.C2H6.C2H4.H2/c1-4-7-8-9-12(5-2,10-16-6-3)13-11(14)15;2*1-2;/h13H,4-10H2,1-3H3,(H,14,15);1-2H3;1-2H2;1H/t12-;;;/m0.../s1. The minimum absolute atomic E-state index is 0. The average molecular weight is 291 g/mol. The van der Waals surface area contributed by atoms with Gasteiger partial charge in [0.2, 0.25) is 0 Å². The van der Waals surface area contributed by atoms with Crippen LogP contribution in [0, 0.1) is 0 Å². The van der Waals surface area contributed by atoms with E-state index in [0.29, 0.717) is 13.2 Å². The van der Waals surface area contributed by atoms with E-state index in [1.54, 1.807) is 0 Å². The normalized spacial score (nSPS) is 12.1. The van der Waals surface area contributed by atoms with Crippen molar-refractivity contribution in [2.45, 2.75) is 72.3 Å². The molecule has 0 saturated carbocycles. The summed E-state index contributed by atoms with van der Waals surface area (Å²) < 4.78 is 5.40. The van der Waals surface area contributed by atoms with Gasteiger partial charge in [0.1, 0.15) is 0 Å². The topological polar surface area (TPSA) is 58.6 Å². The maximum Gasteiger partial charge on any atom is 0.405 e. The minimum Gasteiger partial charge on any atom is -0.465 e. The lowest BCUT2D eigenvalue weighted by Crippen LogP contribution is -2.51. The Labute approximate surface area is 127 Å². The molecule has 0 spiro atoms. The highest BCUT2D eigenvalue weighted by molar-refractivity contribution is 5.65. The van der Waals surface area contributed by atoms with E-state index in [0.717, 1.165) is 32.1 Å². The Morgan fingerprint density at radius 1 is 1.25 bits per heavy atom. The first-order valence-electron chi connectivity index (χ1n) is 7.69. The first kappa shape index (κ1) is 24.0. The molecule has 0 aliphatic carbocycles. The maximum absolute atomic E-state index is 10.8. The molecule has 4 heteroatoms. The fraction of sp³-hybridized carbons (Fsp3) is 0.812. The van der Waals surface area contributed by atoms with Gasteiger partial charge in [-0.1, -0.05) is 47.0 Å². The molecule has 4 nitrogen and oxygen atoms in total. The van der Waals surface area contributed by atoms with E-state index in [4.69, 9.17) is 9.84 Å². The second-order valence-corrected chi connectivity index (χ2v) is 4.16. The molecule has 0 aromatic rings. The smallest absolute Gasteiger partial charge is 0.405 e. The van der Waals surface area contributed by atoms with Crippen LogP contribution < -0.4 is 5.32 Å². The molecule has 0 heterocycles. The predicted octanol–water partition coefficient (Wildman–Crippen LogP) is 5.09. The summed E-state index contributed by atoms with van der Waals surface area (Å²) in [5, 5.41) is 11.5. The lowest BCUT2D eigenvalue weighted by molar-refractivity contribution is 0.0662. The summed E-state index contributed by atoms with van der Waals surface area (Å²) in [7, 11) is 0. The number of rotatable bonds is 9. The van der Waals surface area contributed by atoms with Gasteiger partial charge in [-0.15, -0.1) is 13.2 Å². The summed E-state index contributed by atoms with van der Waals surface area (Å²) in [6, 6.07) is 0. The van der Waals surface area contributed by atoms with Crippen LogP contribution >= 0.6 is 0 Å². The Bertz CT molecular complexity index is 216. The van der Waals surface area contributed by atoms with E-state index in [2.05, 4.69) is 25.4 Å². The van der Waals surface area contributed by atoms with Crippen LogP contribution in [-0.4, -0.2) is 30.0 Å². The van der Waals surface area contributed by atoms with Gasteiger partial charge in [0.15, 0.2) is 0 Å². The molecule has 0 aromatic heterocycles. The number of ether oxygens (including phenoxy) is 1. The van der Waals surface area contributed by atoms with E-state index in [-0.39, 0.29) is 1.43 Å². The molecular formula is C16H37NO3. The van der Waals surface area contributed by atoms with Crippen LogP contribution in [0.1, 0.15) is 68.1 Å². The van der Waals surface area contributed by atoms with Crippen LogP contribution in [0.15, 0.2) is 13.2 Å². The van der Waals surface area contributed by atoms with Crippen LogP contribution in [0.4, 0.5) is 4.79 Å². The minimum atomic E-state index is -0.960. The van der Waals surface area contributed by atoms with E-state index < -0.39 is 11.6 Å². The Morgan fingerprint density at radius 3 is 2.15 bits per heavy atom. The Hall–Kier alpha value is -1.03. The van der Waals surface area contributed by atoms with Gasteiger partial charge in [-0.2, -0.15) is 0 Å². The van der Waals surface area contributed by atoms with Gasteiger partial charge < -0.3 is 15.2 Å². The first-order valence-corrected chi connectivity index (χ1v) is 7.69. The fourth-order valence-corrected chi connectivity index (χ4v) is 1.78. The van der Waals surface area contributed by atoms with Crippen LogP contribution in [-0.2, 0) is 4.74 Å². The van der Waals surface area contributed by atoms with Crippen molar-refractivity contribution in [2.24, 2.45) is 0 Å². The van der Waals surface area contributed by atoms with Crippen LogP contribution in [0.25, 0.3) is 0 Å². The van der Waals surface area contributed by atoms with Crippen molar-refractivity contribution in [3.8, 4) is 0 Å². The van der Waals surface area contributed by atoms with Gasteiger partial charge in [0.05, 0.1) is 12.1 Å². The highest BCUT2D eigenvalue weighted by atomic mass is 16.5. The van der Waals surface area contributed by atoms with Gasteiger partial charge in [-0.05, 0) is 19.8 Å². The molecule has 0 aromatic carbocycles. The first-order chi connectivity index (χ1) is 9.60. The van der Waals surface area contributed by atoms with Crippen LogP contribution in [0.5, 0.6) is 0 Å². The van der Waals surface area contributed by atoms with Gasteiger partial charge in [0, 0.05) is 8.03 Å². The van der Waals surface area contributed by atoms with Gasteiger partial charge in [0.25, 0.3) is 0 Å². The largest absolute Gasteiger partial charge is 0.465 e. The number of amides is 1. The number of hydrogen-bond acceptors (Lipinski definition) is 2. The number of carboxylic acid groups (broad SMARTS) is 1. The number of nitrogens with one attached hydrogen (secondary N) is 1. The SMILES string of the molecule is C=C.CC.CCCCC[C@@](CC)(COCC)NC(=O)O.[HH]. The molecule has 0 fully saturated rings. The van der Waals surface area contributed by atoms with Crippen molar-refractivity contribution in [3.63, 3.8) is 0 Å². The number of carbonyl (C=O) groups is 1. The molecular weight excluding hydrogens is 254 g/mol. The summed E-state index contributed by atoms with van der Waals surface area (Å²) in [4.78, 5) is 10.8. The van der Waals surface area contributed by atoms with Crippen LogP contribution in [0.2, 0.25) is 0 Å². The lowest BCUT2D eigenvalue weighted by Gasteiger charge is -2.32. The molecule has 1 atom stereocenters. The molecule has 0 bridgehead atoms. The van der Waals surface area contributed by atoms with Gasteiger partial charge in [-0.3, -0.25) is 0 Å². The van der Waals surface area contributed by atoms with Crippen molar-refractivity contribution < 1.29 is 16.1 Å². The molecule has 1 amide bonds. The fourth-order valence-electron chi connectivity index (χ4n) is 1.78. The molecule has 124 valence electrons. The third-order valence-electron chi connectivity index (χ3n) is 2.89. The molecule has 20 heavy (non-hydrogen) atoms. The van der Waals surface area contributed by atoms with E-state index in [1.165, 1.54) is 0 Å². The summed E-state index contributed by atoms with van der Waals surface area (Å²) in [5.41, 5.74) is -0.406. The number of hydrogen-bond donors (Lipinski definition) is 2. The zero-order valence-electron chi connectivity index (χ0n) is 14.1. The molecule has 0 radical (unpaired) electrons. The number of unbranched alkanes of at least 4 members (excludes halogenated alkanes) is 2. The Morgan fingerprint density at radius 2 is 1.80 bits per heavy atom. The van der Waals surface area contributed by atoms with E-state index >= 15 is 0 Å². The van der Waals surface area contributed by atoms with E-state index in [9.17, 15) is 4.79 Å².